The Morgan fingerprint density at radius 3 is 2.55 bits per heavy atom. The standard InChI is InChI=1S/C12H14N6O4/c1-16(2)11(20)6-8-9(14-17(6)3)13-5-7(22-8)12(21)18(4)15-10(5)19/h1-4H3,(H,13,14)(H,15,19). The van der Waals surface area contributed by atoms with Crippen LogP contribution in [0.15, 0.2) is 9.59 Å². The third-order valence-corrected chi connectivity index (χ3v) is 3.28. The molecule has 0 fully saturated rings. The van der Waals surface area contributed by atoms with Crippen LogP contribution in [0, 0.1) is 0 Å². The quantitative estimate of drug-likeness (QED) is 0.618. The summed E-state index contributed by atoms with van der Waals surface area (Å²) >= 11 is 0. The van der Waals surface area contributed by atoms with Gasteiger partial charge >= 0.3 is 5.56 Å². The summed E-state index contributed by atoms with van der Waals surface area (Å²) in [5, 5.41) is 9.22. The summed E-state index contributed by atoms with van der Waals surface area (Å²) in [5.74, 6) is -0.168. The summed E-state index contributed by atoms with van der Waals surface area (Å²) < 4.78 is 7.90. The van der Waals surface area contributed by atoms with Crippen molar-refractivity contribution in [1.82, 2.24) is 24.5 Å². The first-order chi connectivity index (χ1) is 10.3. The Bertz CT molecular complexity index is 904. The fourth-order valence-corrected chi connectivity index (χ4v) is 2.18. The van der Waals surface area contributed by atoms with E-state index in [0.29, 0.717) is 0 Å². The molecule has 0 atom stereocenters. The van der Waals surface area contributed by atoms with Crippen molar-refractivity contribution in [2.45, 2.75) is 0 Å². The van der Waals surface area contributed by atoms with Gasteiger partial charge in [0.25, 0.3) is 11.5 Å². The van der Waals surface area contributed by atoms with Crippen molar-refractivity contribution < 1.29 is 9.53 Å². The number of nitrogens with zero attached hydrogens (tertiary/aromatic N) is 4. The molecular formula is C12H14N6O4. The van der Waals surface area contributed by atoms with Crippen molar-refractivity contribution in [3.8, 4) is 11.5 Å². The molecule has 1 aliphatic rings. The second-order valence-corrected chi connectivity index (χ2v) is 5.09. The number of aromatic amines is 1. The van der Waals surface area contributed by atoms with Gasteiger partial charge in [0.05, 0.1) is 0 Å². The van der Waals surface area contributed by atoms with Crippen molar-refractivity contribution in [2.75, 3.05) is 19.4 Å². The highest BCUT2D eigenvalue weighted by atomic mass is 16.5. The molecule has 2 N–H and O–H groups in total. The highest BCUT2D eigenvalue weighted by Crippen LogP contribution is 2.39. The Balaban J connectivity index is 2.22. The number of rotatable bonds is 1. The number of nitrogens with one attached hydrogen (secondary N) is 2. The molecule has 3 heterocycles. The minimum Gasteiger partial charge on any atom is -0.443 e. The van der Waals surface area contributed by atoms with Gasteiger partial charge in [-0.25, -0.2) is 0 Å². The summed E-state index contributed by atoms with van der Waals surface area (Å²) in [4.78, 5) is 37.6. The Hall–Kier alpha value is -3.04. The van der Waals surface area contributed by atoms with E-state index in [0.717, 1.165) is 4.68 Å². The average Bonchev–Trinajstić information content (AvgIpc) is 2.77. The van der Waals surface area contributed by atoms with E-state index in [-0.39, 0.29) is 34.6 Å². The number of H-pyrrole nitrogens is 1. The van der Waals surface area contributed by atoms with Gasteiger partial charge in [-0.2, -0.15) is 5.10 Å². The number of aromatic nitrogens is 4. The van der Waals surface area contributed by atoms with E-state index < -0.39 is 11.1 Å². The number of aryl methyl sites for hydroxylation is 2. The van der Waals surface area contributed by atoms with Gasteiger partial charge in [0.15, 0.2) is 17.2 Å². The van der Waals surface area contributed by atoms with Crippen molar-refractivity contribution in [1.29, 1.82) is 0 Å². The lowest BCUT2D eigenvalue weighted by molar-refractivity contribution is 0.0814. The molecule has 0 saturated carbocycles. The molecular weight excluding hydrogens is 292 g/mol. The van der Waals surface area contributed by atoms with Crippen LogP contribution in [-0.2, 0) is 14.1 Å². The van der Waals surface area contributed by atoms with E-state index in [9.17, 15) is 14.4 Å². The van der Waals surface area contributed by atoms with Crippen LogP contribution in [0.3, 0.4) is 0 Å². The van der Waals surface area contributed by atoms with Crippen LogP contribution in [0.25, 0.3) is 0 Å². The molecule has 2 aromatic heterocycles. The molecule has 3 rings (SSSR count). The van der Waals surface area contributed by atoms with Gasteiger partial charge in [-0.1, -0.05) is 0 Å². The van der Waals surface area contributed by atoms with Crippen LogP contribution in [0.5, 0.6) is 11.5 Å². The maximum atomic E-state index is 12.2. The Labute approximate surface area is 123 Å². The molecule has 2 aromatic rings. The highest BCUT2D eigenvalue weighted by molar-refractivity contribution is 5.97. The first kappa shape index (κ1) is 13.9. The highest BCUT2D eigenvalue weighted by Gasteiger charge is 2.32. The summed E-state index contributed by atoms with van der Waals surface area (Å²) in [6, 6.07) is 0. The third-order valence-electron chi connectivity index (χ3n) is 3.28. The fraction of sp³-hybridized carbons (Fsp3) is 0.333. The van der Waals surface area contributed by atoms with Gasteiger partial charge in [0.2, 0.25) is 11.5 Å². The molecule has 1 aliphatic heterocycles. The maximum Gasteiger partial charge on any atom is 0.310 e. The predicted molar refractivity (Wildman–Crippen MR) is 76.9 cm³/mol. The maximum absolute atomic E-state index is 12.2. The van der Waals surface area contributed by atoms with Crippen molar-refractivity contribution in [3.05, 3.63) is 26.4 Å². The van der Waals surface area contributed by atoms with Crippen LogP contribution in [-0.4, -0.2) is 44.5 Å². The second kappa shape index (κ2) is 4.48. The largest absolute Gasteiger partial charge is 0.443 e. The topological polar surface area (TPSA) is 114 Å². The summed E-state index contributed by atoms with van der Waals surface area (Å²) in [5.41, 5.74) is -0.896. The van der Waals surface area contributed by atoms with E-state index in [4.69, 9.17) is 4.74 Å². The summed E-state index contributed by atoms with van der Waals surface area (Å²) in [6.45, 7) is 0. The van der Waals surface area contributed by atoms with Gasteiger partial charge in [-0.15, -0.1) is 0 Å². The number of fused-ring (bicyclic) bond motifs is 2. The van der Waals surface area contributed by atoms with Crippen molar-refractivity contribution in [3.63, 3.8) is 0 Å². The van der Waals surface area contributed by atoms with E-state index in [1.165, 1.54) is 16.6 Å². The number of anilines is 2. The molecule has 0 bridgehead atoms. The van der Waals surface area contributed by atoms with Crippen molar-refractivity contribution >= 4 is 17.4 Å². The molecule has 22 heavy (non-hydrogen) atoms. The average molecular weight is 306 g/mol. The first-order valence-electron chi connectivity index (χ1n) is 6.38. The lowest BCUT2D eigenvalue weighted by Crippen LogP contribution is -2.31. The van der Waals surface area contributed by atoms with Crippen LogP contribution >= 0.6 is 0 Å². The molecule has 0 spiro atoms. The van der Waals surface area contributed by atoms with Gasteiger partial charge in [-0.05, 0) is 0 Å². The molecule has 0 aliphatic carbocycles. The minimum atomic E-state index is -0.528. The zero-order valence-corrected chi connectivity index (χ0v) is 12.4. The second-order valence-electron chi connectivity index (χ2n) is 5.09. The van der Waals surface area contributed by atoms with E-state index in [1.807, 2.05) is 0 Å². The van der Waals surface area contributed by atoms with Crippen LogP contribution in [0.4, 0.5) is 11.5 Å². The van der Waals surface area contributed by atoms with Crippen LogP contribution < -0.4 is 21.2 Å². The number of carbonyl (C=O) groups is 1. The van der Waals surface area contributed by atoms with Crippen LogP contribution in [0.1, 0.15) is 10.5 Å². The van der Waals surface area contributed by atoms with E-state index in [2.05, 4.69) is 15.5 Å². The molecule has 10 heteroatoms. The molecule has 10 nitrogen and oxygen atoms in total. The normalized spacial score (nSPS) is 12.0. The molecule has 116 valence electrons. The lowest BCUT2D eigenvalue weighted by atomic mass is 10.3. The Kier molecular flexibility index (Phi) is 2.83. The Morgan fingerprint density at radius 1 is 1.23 bits per heavy atom. The molecule has 1 amide bonds. The number of hydrogen-bond acceptors (Lipinski definition) is 6. The van der Waals surface area contributed by atoms with Gasteiger partial charge in [0, 0.05) is 28.2 Å². The number of amides is 1. The van der Waals surface area contributed by atoms with Gasteiger partial charge in [0.1, 0.15) is 0 Å². The number of ether oxygens (including phenoxy) is 1. The van der Waals surface area contributed by atoms with Gasteiger partial charge in [-0.3, -0.25) is 28.8 Å². The number of carbonyl (C=O) groups excluding carboxylic acids is 1. The third kappa shape index (κ3) is 1.80. The molecule has 0 unspecified atom stereocenters. The van der Waals surface area contributed by atoms with E-state index >= 15 is 0 Å². The van der Waals surface area contributed by atoms with Crippen molar-refractivity contribution in [2.24, 2.45) is 14.1 Å². The lowest BCUT2D eigenvalue weighted by Gasteiger charge is -2.18. The zero-order valence-electron chi connectivity index (χ0n) is 12.4. The monoisotopic (exact) mass is 306 g/mol. The summed E-state index contributed by atoms with van der Waals surface area (Å²) in [7, 11) is 6.16. The van der Waals surface area contributed by atoms with Gasteiger partial charge < -0.3 is 15.0 Å². The first-order valence-corrected chi connectivity index (χ1v) is 6.38. The summed E-state index contributed by atoms with van der Waals surface area (Å²) in [6.07, 6.45) is 0. The molecule has 0 aromatic carbocycles. The van der Waals surface area contributed by atoms with E-state index in [1.54, 1.807) is 21.1 Å². The number of hydrogen-bond donors (Lipinski definition) is 2. The predicted octanol–water partition coefficient (Wildman–Crippen LogP) is -0.642. The fourth-order valence-electron chi connectivity index (χ4n) is 2.18. The minimum absolute atomic E-state index is 0.0300. The molecule has 0 radical (unpaired) electrons. The SMILES string of the molecule is CN(C)C(=O)c1c2c(nn1C)Nc1c(c(=O)n(C)[nH]c1=O)O2. The molecule has 0 saturated heterocycles. The smallest absolute Gasteiger partial charge is 0.310 e. The Morgan fingerprint density at radius 2 is 1.91 bits per heavy atom. The van der Waals surface area contributed by atoms with Crippen LogP contribution in [0.2, 0.25) is 0 Å². The zero-order chi connectivity index (χ0) is 16.2.